The molecule has 0 bridgehead atoms. The largest absolute Gasteiger partial charge is 0.487 e. The van der Waals surface area contributed by atoms with Crippen LogP contribution >= 0.6 is 11.3 Å². The molecule has 1 amide bonds. The van der Waals surface area contributed by atoms with Crippen LogP contribution in [0.4, 0.5) is 5.13 Å². The van der Waals surface area contributed by atoms with Crippen LogP contribution in [0.2, 0.25) is 0 Å². The molecule has 1 N–H and O–H groups in total. The molecular formula is C17H19N3O2S. The average Bonchev–Trinajstić information content (AvgIpc) is 3.30. The molecule has 1 fully saturated rings. The summed E-state index contributed by atoms with van der Waals surface area (Å²) in [4.78, 5) is 18.6. The van der Waals surface area contributed by atoms with Gasteiger partial charge in [-0.15, -0.1) is 11.3 Å². The Morgan fingerprint density at radius 3 is 3.13 bits per heavy atom. The molecule has 2 aromatic rings. The minimum absolute atomic E-state index is 0.00468. The zero-order valence-electron chi connectivity index (χ0n) is 13.0. The topological polar surface area (TPSA) is 54.5 Å². The first kappa shape index (κ1) is 14.5. The lowest BCUT2D eigenvalue weighted by Crippen LogP contribution is -2.31. The Morgan fingerprint density at radius 2 is 2.30 bits per heavy atom. The van der Waals surface area contributed by atoms with Crippen LogP contribution in [0.25, 0.3) is 0 Å². The number of carbonyl (C=O) groups is 1. The fraction of sp³-hybridized carbons (Fsp3) is 0.412. The van der Waals surface area contributed by atoms with Gasteiger partial charge in [0.2, 0.25) is 0 Å². The number of ether oxygens (including phenoxy) is 1. The molecule has 23 heavy (non-hydrogen) atoms. The van der Waals surface area contributed by atoms with Gasteiger partial charge in [-0.25, -0.2) is 4.98 Å². The van der Waals surface area contributed by atoms with Gasteiger partial charge in [0.15, 0.2) is 5.13 Å². The number of amides is 1. The van der Waals surface area contributed by atoms with Crippen LogP contribution < -0.4 is 15.0 Å². The number of thiazole rings is 1. The van der Waals surface area contributed by atoms with Gasteiger partial charge < -0.3 is 15.0 Å². The molecular weight excluding hydrogens is 310 g/mol. The second kappa shape index (κ2) is 5.85. The van der Waals surface area contributed by atoms with Crippen molar-refractivity contribution >= 4 is 22.4 Å². The zero-order chi connectivity index (χ0) is 15.8. The van der Waals surface area contributed by atoms with E-state index in [-0.39, 0.29) is 5.91 Å². The number of hydrogen-bond donors (Lipinski definition) is 1. The Bertz CT molecular complexity index is 739. The maximum absolute atomic E-state index is 11.7. The van der Waals surface area contributed by atoms with Gasteiger partial charge in [-0.1, -0.05) is 0 Å². The number of hydrogen-bond acceptors (Lipinski definition) is 5. The lowest BCUT2D eigenvalue weighted by Gasteiger charge is -2.17. The van der Waals surface area contributed by atoms with E-state index >= 15 is 0 Å². The Balaban J connectivity index is 1.42. The molecule has 1 aromatic heterocycles. The van der Waals surface area contributed by atoms with E-state index in [2.05, 4.69) is 27.6 Å². The SMILES string of the molecule is CN(c1nc(COc2ccc3c(c2)CCNC3=O)cs1)C1CC1. The quantitative estimate of drug-likeness (QED) is 0.916. The summed E-state index contributed by atoms with van der Waals surface area (Å²) in [5, 5.41) is 5.97. The predicted molar refractivity (Wildman–Crippen MR) is 90.4 cm³/mol. The summed E-state index contributed by atoms with van der Waals surface area (Å²) in [6.45, 7) is 1.15. The van der Waals surface area contributed by atoms with E-state index in [4.69, 9.17) is 4.74 Å². The Kier molecular flexibility index (Phi) is 3.69. The Morgan fingerprint density at radius 1 is 1.43 bits per heavy atom. The maximum Gasteiger partial charge on any atom is 0.251 e. The van der Waals surface area contributed by atoms with E-state index in [1.807, 2.05) is 18.2 Å². The average molecular weight is 329 g/mol. The minimum Gasteiger partial charge on any atom is -0.487 e. The van der Waals surface area contributed by atoms with Crippen LogP contribution in [0.15, 0.2) is 23.6 Å². The van der Waals surface area contributed by atoms with Crippen LogP contribution in [-0.2, 0) is 13.0 Å². The second-order valence-electron chi connectivity index (χ2n) is 6.08. The van der Waals surface area contributed by atoms with Crippen LogP contribution in [0.5, 0.6) is 5.75 Å². The van der Waals surface area contributed by atoms with Gasteiger partial charge >= 0.3 is 0 Å². The van der Waals surface area contributed by atoms with Gasteiger partial charge in [0.25, 0.3) is 5.91 Å². The highest BCUT2D eigenvalue weighted by molar-refractivity contribution is 7.13. The third kappa shape index (κ3) is 3.03. The molecule has 120 valence electrons. The first-order valence-corrected chi connectivity index (χ1v) is 8.80. The molecule has 2 heterocycles. The van der Waals surface area contributed by atoms with E-state index in [1.165, 1.54) is 12.8 Å². The van der Waals surface area contributed by atoms with Gasteiger partial charge in [0, 0.05) is 30.6 Å². The van der Waals surface area contributed by atoms with Crippen molar-refractivity contribution in [3.8, 4) is 5.75 Å². The standard InChI is InChI=1S/C17H19N3O2S/c1-20(13-2-3-13)17-19-12(10-23-17)9-22-14-4-5-15-11(8-14)6-7-18-16(15)21/h4-5,8,10,13H,2-3,6-7,9H2,1H3,(H,18,21). The highest BCUT2D eigenvalue weighted by Crippen LogP contribution is 2.32. The molecule has 1 aliphatic carbocycles. The maximum atomic E-state index is 11.7. The lowest BCUT2D eigenvalue weighted by molar-refractivity contribution is 0.0946. The van der Waals surface area contributed by atoms with Crippen molar-refractivity contribution in [2.75, 3.05) is 18.5 Å². The van der Waals surface area contributed by atoms with Crippen molar-refractivity contribution in [1.82, 2.24) is 10.3 Å². The van der Waals surface area contributed by atoms with Gasteiger partial charge in [-0.05, 0) is 43.0 Å². The van der Waals surface area contributed by atoms with Crippen LogP contribution in [-0.4, -0.2) is 30.5 Å². The molecule has 1 aromatic carbocycles. The number of benzene rings is 1. The third-order valence-corrected chi connectivity index (χ3v) is 5.30. The van der Waals surface area contributed by atoms with Crippen LogP contribution in [0.1, 0.15) is 34.5 Å². The Hall–Kier alpha value is -2.08. The summed E-state index contributed by atoms with van der Waals surface area (Å²) in [5.74, 6) is 0.800. The predicted octanol–water partition coefficient (Wildman–Crippen LogP) is 2.61. The molecule has 0 atom stereocenters. The summed E-state index contributed by atoms with van der Waals surface area (Å²) >= 11 is 1.67. The van der Waals surface area contributed by atoms with Gasteiger partial charge in [-0.3, -0.25) is 4.79 Å². The van der Waals surface area contributed by atoms with E-state index in [9.17, 15) is 4.79 Å². The zero-order valence-corrected chi connectivity index (χ0v) is 13.9. The third-order valence-electron chi connectivity index (χ3n) is 4.32. The Labute approximate surface area is 139 Å². The van der Waals surface area contributed by atoms with Crippen molar-refractivity contribution in [2.24, 2.45) is 0 Å². The van der Waals surface area contributed by atoms with Crippen LogP contribution in [0.3, 0.4) is 0 Å². The molecule has 0 spiro atoms. The van der Waals surface area contributed by atoms with Crippen LogP contribution in [0, 0.1) is 0 Å². The minimum atomic E-state index is 0.00468. The van der Waals surface area contributed by atoms with Gasteiger partial charge in [0.1, 0.15) is 12.4 Å². The van der Waals surface area contributed by atoms with Crippen molar-refractivity contribution in [3.05, 3.63) is 40.4 Å². The molecule has 0 saturated heterocycles. The highest BCUT2D eigenvalue weighted by atomic mass is 32.1. The second-order valence-corrected chi connectivity index (χ2v) is 6.91. The monoisotopic (exact) mass is 329 g/mol. The highest BCUT2D eigenvalue weighted by Gasteiger charge is 2.28. The van der Waals surface area contributed by atoms with Crippen molar-refractivity contribution in [3.63, 3.8) is 0 Å². The van der Waals surface area contributed by atoms with E-state index in [0.717, 1.165) is 34.1 Å². The normalized spacial score (nSPS) is 16.7. The summed E-state index contributed by atoms with van der Waals surface area (Å²) < 4.78 is 5.86. The van der Waals surface area contributed by atoms with Gasteiger partial charge in [0.05, 0.1) is 5.69 Å². The summed E-state index contributed by atoms with van der Waals surface area (Å²) in [6.07, 6.45) is 3.39. The molecule has 0 radical (unpaired) electrons. The molecule has 1 saturated carbocycles. The lowest BCUT2D eigenvalue weighted by atomic mass is 10.0. The molecule has 2 aliphatic rings. The number of anilines is 1. The number of fused-ring (bicyclic) bond motifs is 1. The van der Waals surface area contributed by atoms with E-state index in [0.29, 0.717) is 19.2 Å². The van der Waals surface area contributed by atoms with Crippen molar-refractivity contribution in [2.45, 2.75) is 31.9 Å². The molecule has 6 heteroatoms. The number of nitrogens with zero attached hydrogens (tertiary/aromatic N) is 2. The van der Waals surface area contributed by atoms with E-state index < -0.39 is 0 Å². The fourth-order valence-electron chi connectivity index (χ4n) is 2.79. The number of nitrogens with one attached hydrogen (secondary N) is 1. The summed E-state index contributed by atoms with van der Waals surface area (Å²) in [7, 11) is 2.11. The number of carbonyl (C=O) groups excluding carboxylic acids is 1. The first-order valence-electron chi connectivity index (χ1n) is 7.92. The first-order chi connectivity index (χ1) is 11.2. The van der Waals surface area contributed by atoms with E-state index in [1.54, 1.807) is 11.3 Å². The smallest absolute Gasteiger partial charge is 0.251 e. The number of aromatic nitrogens is 1. The van der Waals surface area contributed by atoms with Crippen molar-refractivity contribution in [1.29, 1.82) is 0 Å². The van der Waals surface area contributed by atoms with Crippen molar-refractivity contribution < 1.29 is 9.53 Å². The molecule has 4 rings (SSSR count). The summed E-state index contributed by atoms with van der Waals surface area (Å²) in [6, 6.07) is 6.33. The van der Waals surface area contributed by atoms with Gasteiger partial charge in [-0.2, -0.15) is 0 Å². The molecule has 1 aliphatic heterocycles. The number of rotatable bonds is 5. The fourth-order valence-corrected chi connectivity index (χ4v) is 3.64. The summed E-state index contributed by atoms with van der Waals surface area (Å²) in [5.41, 5.74) is 2.76. The molecule has 0 unspecified atom stereocenters. The molecule has 5 nitrogen and oxygen atoms in total.